The highest BCUT2D eigenvalue weighted by atomic mass is 35.5. The molecule has 0 amide bonds. The molecule has 9 heteroatoms. The minimum absolute atomic E-state index is 0.0610. The van der Waals surface area contributed by atoms with Crippen LogP contribution in [0.5, 0.6) is 0 Å². The lowest BCUT2D eigenvalue weighted by atomic mass is 9.95. The summed E-state index contributed by atoms with van der Waals surface area (Å²) < 4.78 is 33.4. The molecule has 1 aliphatic heterocycles. The molecule has 3 heterocycles. The molecule has 1 aromatic carbocycles. The summed E-state index contributed by atoms with van der Waals surface area (Å²) in [4.78, 5) is 8.67. The molecular weight excluding hydrogens is 388 g/mol. The largest absolute Gasteiger partial charge is 0.421 e. The molecule has 2 aromatic heterocycles. The van der Waals surface area contributed by atoms with E-state index in [0.29, 0.717) is 22.7 Å². The second-order valence-electron chi connectivity index (χ2n) is 6.17. The molecule has 1 atom stereocenters. The third kappa shape index (κ3) is 3.27. The molecule has 142 valence electrons. The van der Waals surface area contributed by atoms with Gasteiger partial charge in [-0.1, -0.05) is 17.7 Å². The monoisotopic (exact) mass is 401 g/mol. The lowest BCUT2D eigenvalue weighted by Crippen LogP contribution is -2.31. The molecule has 0 saturated heterocycles. The number of aryl methyl sites for hydroxylation is 1. The van der Waals surface area contributed by atoms with E-state index in [1.165, 1.54) is 36.5 Å². The van der Waals surface area contributed by atoms with Gasteiger partial charge in [-0.15, -0.1) is 10.2 Å². The third-order valence-corrected chi connectivity index (χ3v) is 4.57. The van der Waals surface area contributed by atoms with Gasteiger partial charge in [0.05, 0.1) is 5.57 Å². The topological polar surface area (TPSA) is 76.2 Å². The van der Waals surface area contributed by atoms with Crippen LogP contribution in [0.15, 0.2) is 51.6 Å². The number of pyridine rings is 1. The summed E-state index contributed by atoms with van der Waals surface area (Å²) in [6, 6.07) is 6.08. The van der Waals surface area contributed by atoms with Gasteiger partial charge in [-0.25, -0.2) is 13.8 Å². The van der Waals surface area contributed by atoms with Crippen LogP contribution in [0.2, 0.25) is 5.02 Å². The summed E-state index contributed by atoms with van der Waals surface area (Å²) in [6.45, 7) is 3.44. The van der Waals surface area contributed by atoms with Gasteiger partial charge in [0.25, 0.3) is 0 Å². The second kappa shape index (κ2) is 7.12. The van der Waals surface area contributed by atoms with Gasteiger partial charge in [0.15, 0.2) is 11.7 Å². The summed E-state index contributed by atoms with van der Waals surface area (Å²) >= 11 is 6.28. The van der Waals surface area contributed by atoms with E-state index in [1.54, 1.807) is 13.8 Å². The molecule has 1 unspecified atom stereocenters. The molecule has 6 nitrogen and oxygen atoms in total. The number of nitrogens with one attached hydrogen (secondary N) is 1. The fourth-order valence-corrected chi connectivity index (χ4v) is 3.26. The Bertz CT molecular complexity index is 1130. The standard InChI is InChI=1S/C19H14ClF2N5O/c1-9-15(19-27-26-10(2)28-19)16(12-6-5-11(21)8-13(12)20)25-18(24-9)17-14(22)4-3-7-23-17/h3-8,16H,1-2H3,(H,24,25). The Morgan fingerprint density at radius 1 is 1.14 bits per heavy atom. The molecular formula is C19H14ClF2N5O. The molecule has 0 spiro atoms. The van der Waals surface area contributed by atoms with Crippen molar-refractivity contribution in [3.8, 4) is 0 Å². The molecule has 4 rings (SSSR count). The number of halogens is 3. The molecule has 0 saturated carbocycles. The van der Waals surface area contributed by atoms with E-state index in [2.05, 4.69) is 25.5 Å². The Balaban J connectivity index is 1.90. The number of hydrogen-bond acceptors (Lipinski definition) is 6. The summed E-state index contributed by atoms with van der Waals surface area (Å²) in [5, 5.41) is 11.2. The van der Waals surface area contributed by atoms with Crippen molar-refractivity contribution < 1.29 is 13.2 Å². The molecule has 0 radical (unpaired) electrons. The van der Waals surface area contributed by atoms with Crippen LogP contribution in [0.3, 0.4) is 0 Å². The number of benzene rings is 1. The van der Waals surface area contributed by atoms with Gasteiger partial charge in [0.1, 0.15) is 17.6 Å². The average Bonchev–Trinajstić information content (AvgIpc) is 3.07. The van der Waals surface area contributed by atoms with Crippen LogP contribution < -0.4 is 5.32 Å². The quantitative estimate of drug-likeness (QED) is 0.710. The highest BCUT2D eigenvalue weighted by molar-refractivity contribution is 6.31. The number of allylic oxidation sites excluding steroid dienone is 1. The molecule has 3 aromatic rings. The van der Waals surface area contributed by atoms with Crippen LogP contribution in [-0.4, -0.2) is 21.0 Å². The first-order valence-corrected chi connectivity index (χ1v) is 8.73. The van der Waals surface area contributed by atoms with Crippen molar-refractivity contribution in [2.24, 2.45) is 4.99 Å². The molecule has 0 aliphatic carbocycles. The van der Waals surface area contributed by atoms with Crippen LogP contribution in [0.1, 0.15) is 36.0 Å². The van der Waals surface area contributed by atoms with E-state index in [9.17, 15) is 8.78 Å². The van der Waals surface area contributed by atoms with Gasteiger partial charge in [0.2, 0.25) is 11.8 Å². The Kier molecular flexibility index (Phi) is 4.64. The fourth-order valence-electron chi connectivity index (χ4n) is 2.99. The second-order valence-corrected chi connectivity index (χ2v) is 6.58. The molecule has 0 fully saturated rings. The van der Waals surface area contributed by atoms with Crippen molar-refractivity contribution in [3.63, 3.8) is 0 Å². The van der Waals surface area contributed by atoms with Gasteiger partial charge in [-0.05, 0) is 31.2 Å². The average molecular weight is 402 g/mol. The first kappa shape index (κ1) is 18.2. The first-order chi connectivity index (χ1) is 13.4. The van der Waals surface area contributed by atoms with E-state index < -0.39 is 17.7 Å². The lowest BCUT2D eigenvalue weighted by molar-refractivity contribution is 0.500. The summed E-state index contributed by atoms with van der Waals surface area (Å²) in [6.07, 6.45) is 1.47. The third-order valence-electron chi connectivity index (χ3n) is 4.24. The van der Waals surface area contributed by atoms with E-state index in [4.69, 9.17) is 16.0 Å². The summed E-state index contributed by atoms with van der Waals surface area (Å²) in [7, 11) is 0. The van der Waals surface area contributed by atoms with Gasteiger partial charge in [0, 0.05) is 29.4 Å². The zero-order valence-electron chi connectivity index (χ0n) is 14.9. The zero-order valence-corrected chi connectivity index (χ0v) is 15.6. The maximum absolute atomic E-state index is 14.3. The van der Waals surface area contributed by atoms with Crippen LogP contribution in [0, 0.1) is 18.6 Å². The van der Waals surface area contributed by atoms with Crippen molar-refractivity contribution in [2.45, 2.75) is 19.9 Å². The molecule has 1 aliphatic rings. The molecule has 1 N–H and O–H groups in total. The number of aromatic nitrogens is 3. The summed E-state index contributed by atoms with van der Waals surface area (Å²) in [5.41, 5.74) is 1.76. The van der Waals surface area contributed by atoms with Gasteiger partial charge < -0.3 is 9.73 Å². The van der Waals surface area contributed by atoms with Gasteiger partial charge >= 0.3 is 0 Å². The highest BCUT2D eigenvalue weighted by Gasteiger charge is 2.31. The Morgan fingerprint density at radius 3 is 2.64 bits per heavy atom. The predicted molar refractivity (Wildman–Crippen MR) is 99.6 cm³/mol. The fraction of sp³-hybridized carbons (Fsp3) is 0.158. The van der Waals surface area contributed by atoms with Crippen molar-refractivity contribution in [3.05, 3.63) is 81.9 Å². The van der Waals surface area contributed by atoms with Crippen molar-refractivity contribution >= 4 is 23.0 Å². The van der Waals surface area contributed by atoms with Gasteiger partial charge in [-0.2, -0.15) is 0 Å². The Hall–Kier alpha value is -3.13. The maximum atomic E-state index is 14.3. The number of rotatable bonds is 3. The van der Waals surface area contributed by atoms with Crippen LogP contribution in [-0.2, 0) is 0 Å². The van der Waals surface area contributed by atoms with Crippen LogP contribution in [0.4, 0.5) is 8.78 Å². The SMILES string of the molecule is CC1=C(c2nnc(C)o2)C(c2ccc(F)cc2Cl)N=C(c2ncccc2F)N1. The zero-order chi connectivity index (χ0) is 19.8. The Labute approximate surface area is 164 Å². The Morgan fingerprint density at radius 2 is 1.96 bits per heavy atom. The normalized spacial score (nSPS) is 16.8. The van der Waals surface area contributed by atoms with E-state index in [-0.39, 0.29) is 22.4 Å². The van der Waals surface area contributed by atoms with E-state index >= 15 is 0 Å². The molecule has 0 bridgehead atoms. The van der Waals surface area contributed by atoms with Gasteiger partial charge in [-0.3, -0.25) is 4.99 Å². The summed E-state index contributed by atoms with van der Waals surface area (Å²) in [5.74, 6) is -0.149. The first-order valence-electron chi connectivity index (χ1n) is 8.36. The lowest BCUT2D eigenvalue weighted by Gasteiger charge is -2.26. The van der Waals surface area contributed by atoms with Crippen LogP contribution in [0.25, 0.3) is 5.57 Å². The predicted octanol–water partition coefficient (Wildman–Crippen LogP) is 4.23. The number of hydrogen-bond donors (Lipinski definition) is 1. The van der Waals surface area contributed by atoms with E-state index in [0.717, 1.165) is 0 Å². The number of aliphatic imine (C=N–C) groups is 1. The molecule has 28 heavy (non-hydrogen) atoms. The van der Waals surface area contributed by atoms with E-state index in [1.807, 2.05) is 0 Å². The van der Waals surface area contributed by atoms with Crippen molar-refractivity contribution in [1.82, 2.24) is 20.5 Å². The van der Waals surface area contributed by atoms with Crippen LogP contribution >= 0.6 is 11.6 Å². The highest BCUT2D eigenvalue weighted by Crippen LogP contribution is 2.40. The maximum Gasteiger partial charge on any atom is 0.247 e. The van der Waals surface area contributed by atoms with Crippen molar-refractivity contribution in [1.29, 1.82) is 0 Å². The number of amidine groups is 1. The minimum atomic E-state index is -0.717. The minimum Gasteiger partial charge on any atom is -0.421 e. The number of nitrogens with zero attached hydrogens (tertiary/aromatic N) is 4. The van der Waals surface area contributed by atoms with Crippen molar-refractivity contribution in [2.75, 3.05) is 0 Å². The smallest absolute Gasteiger partial charge is 0.247 e.